The molecule has 0 aromatic rings. The van der Waals surface area contributed by atoms with Crippen molar-refractivity contribution >= 4 is 11.7 Å². The fourth-order valence-corrected chi connectivity index (χ4v) is 0.611. The van der Waals surface area contributed by atoms with E-state index in [0.29, 0.717) is 0 Å². The molecule has 0 atom stereocenters. The molecule has 0 aliphatic carbocycles. The Balaban J connectivity index is 3.84. The number of hydrogen-bond donors (Lipinski definition) is 1. The topological polar surface area (TPSA) is 46.2 Å². The summed E-state index contributed by atoms with van der Waals surface area (Å²) >= 11 is 0. The second-order valence-corrected chi connectivity index (χ2v) is 3.69. The van der Waals surface area contributed by atoms with Crippen LogP contribution in [0.5, 0.6) is 0 Å². The van der Waals surface area contributed by atoms with Crippen LogP contribution in [0.15, 0.2) is 0 Å². The first kappa shape index (κ1) is 12.7. The number of rotatable bonds is 3. The summed E-state index contributed by atoms with van der Waals surface area (Å²) in [7, 11) is 0. The van der Waals surface area contributed by atoms with E-state index < -0.39 is 0 Å². The molecule has 3 nitrogen and oxygen atoms in total. The highest BCUT2D eigenvalue weighted by Gasteiger charge is 2.04. The Morgan fingerprint density at radius 3 is 2.14 bits per heavy atom. The summed E-state index contributed by atoms with van der Waals surface area (Å²) in [4.78, 5) is 22.1. The fraction of sp³-hybridized carbons (Fsp3) is 0.636. The third-order valence-electron chi connectivity index (χ3n) is 1.61. The Labute approximate surface area is 85.3 Å². The van der Waals surface area contributed by atoms with E-state index in [-0.39, 0.29) is 30.1 Å². The zero-order valence-corrected chi connectivity index (χ0v) is 9.18. The monoisotopic (exact) mass is 195 g/mol. The van der Waals surface area contributed by atoms with Crippen molar-refractivity contribution in [3.05, 3.63) is 0 Å². The van der Waals surface area contributed by atoms with Crippen LogP contribution in [0.4, 0.5) is 0 Å². The van der Waals surface area contributed by atoms with Gasteiger partial charge in [-0.05, 0) is 5.92 Å². The number of hydrogen-bond acceptors (Lipinski definition) is 2. The quantitative estimate of drug-likeness (QED) is 0.539. The van der Waals surface area contributed by atoms with Crippen LogP contribution < -0.4 is 5.32 Å². The highest BCUT2D eigenvalue weighted by atomic mass is 16.1. The maximum absolute atomic E-state index is 11.1. The second kappa shape index (κ2) is 6.20. The molecule has 14 heavy (non-hydrogen) atoms. The Hall–Kier alpha value is -1.30. The van der Waals surface area contributed by atoms with E-state index in [2.05, 4.69) is 17.2 Å². The number of carbonyl (C=O) groups is 2. The molecule has 78 valence electrons. The molecule has 0 aromatic carbocycles. The number of carbonyl (C=O) groups excluding carboxylic acids is 2. The van der Waals surface area contributed by atoms with E-state index in [1.165, 1.54) is 0 Å². The summed E-state index contributed by atoms with van der Waals surface area (Å²) in [6.45, 7) is 7.45. The average Bonchev–Trinajstić information content (AvgIpc) is 2.11. The first-order valence-electron chi connectivity index (χ1n) is 4.75. The zero-order valence-electron chi connectivity index (χ0n) is 9.18. The van der Waals surface area contributed by atoms with E-state index in [4.69, 9.17) is 0 Å². The van der Waals surface area contributed by atoms with Crippen LogP contribution in [0.1, 0.15) is 27.7 Å². The van der Waals surface area contributed by atoms with Gasteiger partial charge in [0.25, 0.3) is 0 Å². The molecule has 1 N–H and O–H groups in total. The lowest BCUT2D eigenvalue weighted by Crippen LogP contribution is -2.27. The molecular weight excluding hydrogens is 178 g/mol. The first-order chi connectivity index (χ1) is 6.45. The summed E-state index contributed by atoms with van der Waals surface area (Å²) < 4.78 is 0. The van der Waals surface area contributed by atoms with Gasteiger partial charge in [0.1, 0.15) is 0 Å². The van der Waals surface area contributed by atoms with E-state index >= 15 is 0 Å². The van der Waals surface area contributed by atoms with Gasteiger partial charge in [-0.1, -0.05) is 33.6 Å². The van der Waals surface area contributed by atoms with Crippen molar-refractivity contribution in [3.63, 3.8) is 0 Å². The van der Waals surface area contributed by atoms with Crippen LogP contribution in [-0.2, 0) is 9.59 Å². The molecule has 0 aromatic heterocycles. The smallest absolute Gasteiger partial charge is 0.223 e. The Morgan fingerprint density at radius 2 is 1.71 bits per heavy atom. The van der Waals surface area contributed by atoms with Gasteiger partial charge in [-0.2, -0.15) is 0 Å². The van der Waals surface area contributed by atoms with E-state index in [0.717, 1.165) is 0 Å². The molecule has 0 heterocycles. The van der Waals surface area contributed by atoms with Crippen molar-refractivity contribution in [3.8, 4) is 11.8 Å². The second-order valence-electron chi connectivity index (χ2n) is 3.69. The van der Waals surface area contributed by atoms with Gasteiger partial charge in [0, 0.05) is 11.8 Å². The third kappa shape index (κ3) is 5.36. The van der Waals surface area contributed by atoms with Crippen molar-refractivity contribution in [2.24, 2.45) is 11.8 Å². The number of amides is 1. The van der Waals surface area contributed by atoms with E-state index in [1.807, 2.05) is 13.8 Å². The molecule has 0 fully saturated rings. The molecule has 3 heteroatoms. The molecular formula is C11H17NO2. The predicted octanol–water partition coefficient (Wildman–Crippen LogP) is 0.987. The van der Waals surface area contributed by atoms with Crippen molar-refractivity contribution in [2.75, 3.05) is 6.54 Å². The van der Waals surface area contributed by atoms with Crippen molar-refractivity contribution in [1.29, 1.82) is 0 Å². The van der Waals surface area contributed by atoms with Gasteiger partial charge < -0.3 is 5.32 Å². The van der Waals surface area contributed by atoms with Gasteiger partial charge in [-0.15, -0.1) is 0 Å². The Bertz CT molecular complexity index is 269. The number of Topliss-reactive ketones (excluding diaryl/α,β-unsaturated/α-hetero) is 1. The maximum atomic E-state index is 11.1. The summed E-state index contributed by atoms with van der Waals surface area (Å²) in [6.07, 6.45) is 0. The van der Waals surface area contributed by atoms with Gasteiger partial charge in [-0.3, -0.25) is 9.59 Å². The van der Waals surface area contributed by atoms with Crippen molar-refractivity contribution < 1.29 is 9.59 Å². The van der Waals surface area contributed by atoms with Crippen LogP contribution >= 0.6 is 0 Å². The summed E-state index contributed by atoms with van der Waals surface area (Å²) in [5, 5.41) is 2.61. The minimum absolute atomic E-state index is 0.0439. The standard InChI is InChI=1S/C11H17NO2/c1-8(2)10(13)6-5-7-12-11(14)9(3)4/h8-9H,7H2,1-4H3,(H,12,14). The van der Waals surface area contributed by atoms with Crippen LogP contribution in [0, 0.1) is 23.7 Å². The molecule has 0 aliphatic rings. The minimum Gasteiger partial charge on any atom is -0.345 e. The summed E-state index contributed by atoms with van der Waals surface area (Å²) in [6, 6.07) is 0. The molecule has 0 aliphatic heterocycles. The molecule has 0 bridgehead atoms. The van der Waals surface area contributed by atoms with Gasteiger partial charge in [0.2, 0.25) is 11.7 Å². The molecule has 0 radical (unpaired) electrons. The lowest BCUT2D eigenvalue weighted by molar-refractivity contribution is -0.123. The Morgan fingerprint density at radius 1 is 1.14 bits per heavy atom. The molecule has 0 unspecified atom stereocenters. The first-order valence-corrected chi connectivity index (χ1v) is 4.75. The lowest BCUT2D eigenvalue weighted by atomic mass is 10.1. The maximum Gasteiger partial charge on any atom is 0.223 e. The predicted molar refractivity (Wildman–Crippen MR) is 55.5 cm³/mol. The highest BCUT2D eigenvalue weighted by molar-refractivity contribution is 5.96. The molecule has 0 spiro atoms. The van der Waals surface area contributed by atoms with Gasteiger partial charge in [-0.25, -0.2) is 0 Å². The van der Waals surface area contributed by atoms with E-state index in [1.54, 1.807) is 13.8 Å². The molecule has 1 amide bonds. The SMILES string of the molecule is CC(C)C(=O)C#CCNC(=O)C(C)C. The third-order valence-corrected chi connectivity index (χ3v) is 1.61. The van der Waals surface area contributed by atoms with Gasteiger partial charge in [0.15, 0.2) is 0 Å². The molecule has 0 saturated heterocycles. The number of ketones is 1. The van der Waals surface area contributed by atoms with E-state index in [9.17, 15) is 9.59 Å². The van der Waals surface area contributed by atoms with Crippen molar-refractivity contribution in [2.45, 2.75) is 27.7 Å². The highest BCUT2D eigenvalue weighted by Crippen LogP contribution is 1.91. The Kier molecular flexibility index (Phi) is 5.62. The zero-order chi connectivity index (χ0) is 11.1. The molecule has 0 saturated carbocycles. The van der Waals surface area contributed by atoms with Crippen LogP contribution in [0.2, 0.25) is 0 Å². The average molecular weight is 195 g/mol. The minimum atomic E-state index is -0.0937. The number of nitrogens with one attached hydrogen (secondary N) is 1. The van der Waals surface area contributed by atoms with Crippen molar-refractivity contribution in [1.82, 2.24) is 5.32 Å². The van der Waals surface area contributed by atoms with Crippen LogP contribution in [0.25, 0.3) is 0 Å². The fourth-order valence-electron chi connectivity index (χ4n) is 0.611. The largest absolute Gasteiger partial charge is 0.345 e. The van der Waals surface area contributed by atoms with Crippen LogP contribution in [0.3, 0.4) is 0 Å². The van der Waals surface area contributed by atoms with Gasteiger partial charge >= 0.3 is 0 Å². The molecule has 0 rings (SSSR count). The normalized spacial score (nSPS) is 9.57. The van der Waals surface area contributed by atoms with Gasteiger partial charge in [0.05, 0.1) is 6.54 Å². The summed E-state index contributed by atoms with van der Waals surface area (Å²) in [5.74, 6) is 4.84. The van der Waals surface area contributed by atoms with Crippen LogP contribution in [-0.4, -0.2) is 18.2 Å². The summed E-state index contributed by atoms with van der Waals surface area (Å²) in [5.41, 5.74) is 0. The lowest BCUT2D eigenvalue weighted by Gasteiger charge is -2.02.